The molecule has 3 rings (SSSR count). The predicted octanol–water partition coefficient (Wildman–Crippen LogP) is 4.04. The van der Waals surface area contributed by atoms with E-state index in [-0.39, 0.29) is 17.8 Å². The summed E-state index contributed by atoms with van der Waals surface area (Å²) >= 11 is 0. The van der Waals surface area contributed by atoms with Crippen LogP contribution in [-0.2, 0) is 0 Å². The van der Waals surface area contributed by atoms with Crippen LogP contribution in [0.4, 0.5) is 10.6 Å². The summed E-state index contributed by atoms with van der Waals surface area (Å²) in [5.74, 6) is 1.47. The van der Waals surface area contributed by atoms with Gasteiger partial charge in [-0.1, -0.05) is 18.2 Å². The number of hydrogen-bond acceptors (Lipinski definition) is 6. The molecular formula is C19H19N3O4. The van der Waals surface area contributed by atoms with Crippen LogP contribution in [-0.4, -0.2) is 29.3 Å². The SMILES string of the molecule is COc1ccc2nc(OC(C)C)c(NC(=O)Oc3ccccc3)nc2c1. The van der Waals surface area contributed by atoms with Gasteiger partial charge in [0, 0.05) is 6.07 Å². The molecule has 7 heteroatoms. The Hall–Kier alpha value is -3.35. The Morgan fingerprint density at radius 2 is 1.77 bits per heavy atom. The Kier molecular flexibility index (Phi) is 5.17. The molecule has 0 spiro atoms. The Morgan fingerprint density at radius 3 is 2.46 bits per heavy atom. The van der Waals surface area contributed by atoms with Gasteiger partial charge in [-0.25, -0.2) is 14.8 Å². The number of ether oxygens (including phenoxy) is 3. The van der Waals surface area contributed by atoms with E-state index in [1.807, 2.05) is 19.9 Å². The number of carbonyl (C=O) groups excluding carboxylic acids is 1. The van der Waals surface area contributed by atoms with E-state index in [4.69, 9.17) is 14.2 Å². The topological polar surface area (TPSA) is 82.6 Å². The zero-order valence-corrected chi connectivity index (χ0v) is 14.7. The average Bonchev–Trinajstić information content (AvgIpc) is 2.62. The number of para-hydroxylation sites is 1. The van der Waals surface area contributed by atoms with E-state index in [1.165, 1.54) is 0 Å². The number of nitrogens with zero attached hydrogens (tertiary/aromatic N) is 2. The van der Waals surface area contributed by atoms with Gasteiger partial charge in [0.05, 0.1) is 24.2 Å². The number of methoxy groups -OCH3 is 1. The van der Waals surface area contributed by atoms with E-state index in [1.54, 1.807) is 49.6 Å². The zero-order valence-electron chi connectivity index (χ0n) is 14.7. The lowest BCUT2D eigenvalue weighted by atomic mass is 10.3. The highest BCUT2D eigenvalue weighted by Gasteiger charge is 2.16. The number of anilines is 1. The molecule has 1 N–H and O–H groups in total. The Balaban J connectivity index is 1.91. The summed E-state index contributed by atoms with van der Waals surface area (Å²) in [6.07, 6.45) is -0.813. The minimum atomic E-state index is -0.679. The minimum absolute atomic E-state index is 0.134. The molecule has 3 aromatic rings. The van der Waals surface area contributed by atoms with Crippen molar-refractivity contribution in [1.82, 2.24) is 9.97 Å². The Labute approximate surface area is 150 Å². The van der Waals surface area contributed by atoms with Gasteiger partial charge in [0.2, 0.25) is 0 Å². The molecule has 134 valence electrons. The first-order chi connectivity index (χ1) is 12.5. The van der Waals surface area contributed by atoms with Crippen LogP contribution in [0.2, 0.25) is 0 Å². The van der Waals surface area contributed by atoms with Gasteiger partial charge in [-0.3, -0.25) is 5.32 Å². The van der Waals surface area contributed by atoms with Crippen molar-refractivity contribution in [2.24, 2.45) is 0 Å². The Morgan fingerprint density at radius 1 is 1.00 bits per heavy atom. The fourth-order valence-electron chi connectivity index (χ4n) is 2.25. The third-order valence-electron chi connectivity index (χ3n) is 3.36. The van der Waals surface area contributed by atoms with Crippen LogP contribution in [0, 0.1) is 0 Å². The average molecular weight is 353 g/mol. The number of fused-ring (bicyclic) bond motifs is 1. The number of rotatable bonds is 5. The van der Waals surface area contributed by atoms with Crippen LogP contribution < -0.4 is 19.5 Å². The molecule has 0 aliphatic heterocycles. The van der Waals surface area contributed by atoms with Gasteiger partial charge in [0.15, 0.2) is 5.82 Å². The van der Waals surface area contributed by atoms with Crippen molar-refractivity contribution < 1.29 is 19.0 Å². The lowest BCUT2D eigenvalue weighted by molar-refractivity contribution is 0.213. The summed E-state index contributed by atoms with van der Waals surface area (Å²) in [5, 5.41) is 2.59. The van der Waals surface area contributed by atoms with Gasteiger partial charge in [0.25, 0.3) is 5.88 Å². The largest absolute Gasteiger partial charge is 0.497 e. The normalized spacial score (nSPS) is 10.6. The molecule has 0 saturated carbocycles. The standard InChI is InChI=1S/C19H19N3O4/c1-12(2)25-18-17(22-19(23)26-13-7-5-4-6-8-13)20-16-11-14(24-3)9-10-15(16)21-18/h4-12H,1-3H3,(H,20,22,23). The first kappa shape index (κ1) is 17.5. The van der Waals surface area contributed by atoms with Crippen molar-refractivity contribution in [2.45, 2.75) is 20.0 Å². The molecule has 1 amide bonds. The molecular weight excluding hydrogens is 334 g/mol. The van der Waals surface area contributed by atoms with E-state index < -0.39 is 6.09 Å². The predicted molar refractivity (Wildman–Crippen MR) is 97.9 cm³/mol. The molecule has 1 heterocycles. The molecule has 7 nitrogen and oxygen atoms in total. The fourth-order valence-corrected chi connectivity index (χ4v) is 2.25. The van der Waals surface area contributed by atoms with Crippen molar-refractivity contribution in [3.8, 4) is 17.4 Å². The lowest BCUT2D eigenvalue weighted by Crippen LogP contribution is -2.19. The van der Waals surface area contributed by atoms with E-state index in [9.17, 15) is 4.79 Å². The molecule has 2 aromatic carbocycles. The van der Waals surface area contributed by atoms with Crippen molar-refractivity contribution in [3.63, 3.8) is 0 Å². The van der Waals surface area contributed by atoms with Gasteiger partial charge >= 0.3 is 6.09 Å². The summed E-state index contributed by atoms with van der Waals surface area (Å²) in [4.78, 5) is 21.1. The number of nitrogens with one attached hydrogen (secondary N) is 1. The molecule has 0 atom stereocenters. The molecule has 0 bridgehead atoms. The third kappa shape index (κ3) is 4.18. The van der Waals surface area contributed by atoms with Crippen LogP contribution in [0.3, 0.4) is 0 Å². The quantitative estimate of drug-likeness (QED) is 0.745. The maximum Gasteiger partial charge on any atom is 0.418 e. The van der Waals surface area contributed by atoms with Gasteiger partial charge in [0.1, 0.15) is 11.5 Å². The van der Waals surface area contributed by atoms with Crippen LogP contribution in [0.1, 0.15) is 13.8 Å². The highest BCUT2D eigenvalue weighted by atomic mass is 16.6. The number of hydrogen-bond donors (Lipinski definition) is 1. The second-order valence-corrected chi connectivity index (χ2v) is 5.73. The van der Waals surface area contributed by atoms with Gasteiger partial charge in [-0.2, -0.15) is 0 Å². The molecule has 0 aliphatic carbocycles. The maximum atomic E-state index is 12.2. The zero-order chi connectivity index (χ0) is 18.5. The molecule has 1 aromatic heterocycles. The van der Waals surface area contributed by atoms with E-state index in [2.05, 4.69) is 15.3 Å². The highest BCUT2D eigenvalue weighted by Crippen LogP contribution is 2.27. The molecule has 0 radical (unpaired) electrons. The summed E-state index contributed by atoms with van der Waals surface area (Å²) < 4.78 is 16.1. The maximum absolute atomic E-state index is 12.2. The monoisotopic (exact) mass is 353 g/mol. The summed E-state index contributed by atoms with van der Waals surface area (Å²) in [6.45, 7) is 3.73. The molecule has 0 saturated heterocycles. The van der Waals surface area contributed by atoms with Crippen molar-refractivity contribution >= 4 is 22.9 Å². The number of carbonyl (C=O) groups is 1. The molecule has 0 fully saturated rings. The smallest absolute Gasteiger partial charge is 0.418 e. The van der Waals surface area contributed by atoms with Gasteiger partial charge in [-0.15, -0.1) is 0 Å². The van der Waals surface area contributed by atoms with Crippen molar-refractivity contribution in [1.29, 1.82) is 0 Å². The van der Waals surface area contributed by atoms with Gasteiger partial charge in [-0.05, 0) is 38.1 Å². The van der Waals surface area contributed by atoms with Crippen LogP contribution in [0.25, 0.3) is 11.0 Å². The summed E-state index contributed by atoms with van der Waals surface area (Å²) in [7, 11) is 1.57. The fraction of sp³-hybridized carbons (Fsp3) is 0.211. The summed E-state index contributed by atoms with van der Waals surface area (Å²) in [6, 6.07) is 14.0. The van der Waals surface area contributed by atoms with Crippen LogP contribution in [0.5, 0.6) is 17.4 Å². The molecule has 26 heavy (non-hydrogen) atoms. The second kappa shape index (κ2) is 7.69. The minimum Gasteiger partial charge on any atom is -0.497 e. The second-order valence-electron chi connectivity index (χ2n) is 5.73. The summed E-state index contributed by atoms with van der Waals surface area (Å²) in [5.41, 5.74) is 1.19. The number of amides is 1. The van der Waals surface area contributed by atoms with E-state index >= 15 is 0 Å². The van der Waals surface area contributed by atoms with Crippen molar-refractivity contribution in [3.05, 3.63) is 48.5 Å². The van der Waals surface area contributed by atoms with E-state index in [0.29, 0.717) is 22.5 Å². The van der Waals surface area contributed by atoms with Gasteiger partial charge < -0.3 is 14.2 Å². The lowest BCUT2D eigenvalue weighted by Gasteiger charge is -2.14. The third-order valence-corrected chi connectivity index (χ3v) is 3.36. The first-order valence-electron chi connectivity index (χ1n) is 8.11. The number of benzene rings is 2. The Bertz CT molecular complexity index is 913. The van der Waals surface area contributed by atoms with Crippen LogP contribution >= 0.6 is 0 Å². The highest BCUT2D eigenvalue weighted by molar-refractivity contribution is 5.89. The first-order valence-corrected chi connectivity index (χ1v) is 8.11. The van der Waals surface area contributed by atoms with E-state index in [0.717, 1.165) is 0 Å². The van der Waals surface area contributed by atoms with Crippen LogP contribution in [0.15, 0.2) is 48.5 Å². The number of aromatic nitrogens is 2. The molecule has 0 unspecified atom stereocenters. The van der Waals surface area contributed by atoms with Crippen molar-refractivity contribution in [2.75, 3.05) is 12.4 Å². The molecule has 0 aliphatic rings.